The zero-order chi connectivity index (χ0) is 15.7. The molecule has 0 fully saturated rings. The first-order chi connectivity index (χ1) is 10.5. The van der Waals surface area contributed by atoms with Crippen molar-refractivity contribution in [2.24, 2.45) is 0 Å². The summed E-state index contributed by atoms with van der Waals surface area (Å²) >= 11 is 1.61. The number of ether oxygens (including phenoxy) is 1. The first-order valence-electron chi connectivity index (χ1n) is 7.19. The van der Waals surface area contributed by atoms with Crippen LogP contribution in [0.1, 0.15) is 25.1 Å². The monoisotopic (exact) mass is 320 g/mol. The molecule has 0 radical (unpaired) electrons. The molecular weight excluding hydrogens is 300 g/mol. The lowest BCUT2D eigenvalue weighted by atomic mass is 9.99. The predicted molar refractivity (Wildman–Crippen MR) is 86.7 cm³/mol. The molecule has 1 aliphatic rings. The van der Waals surface area contributed by atoms with Gasteiger partial charge in [0.1, 0.15) is 11.4 Å². The van der Waals surface area contributed by atoms with Crippen molar-refractivity contribution in [2.75, 3.05) is 24.6 Å². The molecule has 0 saturated heterocycles. The normalized spacial score (nSPS) is 20.1. The number of likely N-dealkylation sites (N-methyl/N-ethyl adjacent to an activating group) is 1. The fourth-order valence-electron chi connectivity index (χ4n) is 2.78. The van der Waals surface area contributed by atoms with Gasteiger partial charge in [0.25, 0.3) is 0 Å². The Hall–Kier alpha value is -1.93. The summed E-state index contributed by atoms with van der Waals surface area (Å²) in [5.74, 6) is 1.07. The highest BCUT2D eigenvalue weighted by atomic mass is 32.1. The lowest BCUT2D eigenvalue weighted by molar-refractivity contribution is 0.0587. The summed E-state index contributed by atoms with van der Waals surface area (Å²) < 4.78 is 6.04. The van der Waals surface area contributed by atoms with Gasteiger partial charge in [0.15, 0.2) is 0 Å². The molecule has 0 spiro atoms. The highest BCUT2D eigenvalue weighted by molar-refractivity contribution is 7.07. The minimum Gasteiger partial charge on any atom is -0.469 e. The number of rotatable bonds is 5. The van der Waals surface area contributed by atoms with Crippen LogP contribution in [0.3, 0.4) is 0 Å². The molecule has 4 N–H and O–H groups in total. The molecule has 0 aromatic carbocycles. The number of hydrogen-bond donors (Lipinski definition) is 2. The SMILES string of the molecule is CCN(Cc1cscn1)C[C@@]1(C)Cc2c(N)nc(N)nc2O1. The van der Waals surface area contributed by atoms with Gasteiger partial charge in [-0.1, -0.05) is 6.92 Å². The average Bonchev–Trinajstić information content (AvgIpc) is 3.05. The molecular formula is C14H20N6OS. The lowest BCUT2D eigenvalue weighted by Gasteiger charge is -2.30. The summed E-state index contributed by atoms with van der Waals surface area (Å²) in [7, 11) is 0. The Morgan fingerprint density at radius 2 is 2.23 bits per heavy atom. The summed E-state index contributed by atoms with van der Waals surface area (Å²) in [4.78, 5) is 14.8. The van der Waals surface area contributed by atoms with Gasteiger partial charge in [0.05, 0.1) is 16.8 Å². The van der Waals surface area contributed by atoms with Gasteiger partial charge >= 0.3 is 0 Å². The maximum Gasteiger partial charge on any atom is 0.225 e. The molecule has 0 amide bonds. The summed E-state index contributed by atoms with van der Waals surface area (Å²) in [6.45, 7) is 6.67. The fourth-order valence-corrected chi connectivity index (χ4v) is 3.33. The van der Waals surface area contributed by atoms with Crippen molar-refractivity contribution >= 4 is 23.1 Å². The van der Waals surface area contributed by atoms with Crippen LogP contribution in [-0.4, -0.2) is 38.5 Å². The molecule has 2 aromatic heterocycles. The van der Waals surface area contributed by atoms with Crippen molar-refractivity contribution < 1.29 is 4.74 Å². The molecule has 7 nitrogen and oxygen atoms in total. The Morgan fingerprint density at radius 3 is 2.91 bits per heavy atom. The van der Waals surface area contributed by atoms with Gasteiger partial charge in [0.2, 0.25) is 11.8 Å². The predicted octanol–water partition coefficient (Wildman–Crippen LogP) is 1.31. The minimum absolute atomic E-state index is 0.148. The van der Waals surface area contributed by atoms with E-state index in [0.717, 1.165) is 30.9 Å². The molecule has 118 valence electrons. The van der Waals surface area contributed by atoms with Gasteiger partial charge in [0, 0.05) is 24.9 Å². The Morgan fingerprint density at radius 1 is 1.41 bits per heavy atom. The standard InChI is InChI=1S/C14H20N6OS/c1-3-20(5-9-6-22-8-17-9)7-14(2)4-10-11(15)18-13(16)19-12(10)21-14/h6,8H,3-5,7H2,1-2H3,(H4,15,16,18,19)/t14-/m1/s1. The van der Waals surface area contributed by atoms with Gasteiger partial charge < -0.3 is 16.2 Å². The molecule has 3 rings (SSSR count). The molecule has 22 heavy (non-hydrogen) atoms. The second-order valence-corrected chi connectivity index (χ2v) is 6.48. The van der Waals surface area contributed by atoms with Crippen LogP contribution in [0, 0.1) is 0 Å². The van der Waals surface area contributed by atoms with Gasteiger partial charge in [-0.25, -0.2) is 4.98 Å². The Balaban J connectivity index is 1.73. The lowest BCUT2D eigenvalue weighted by Crippen LogP contribution is -2.44. The topological polar surface area (TPSA) is 103 Å². The zero-order valence-corrected chi connectivity index (χ0v) is 13.6. The van der Waals surface area contributed by atoms with Crippen LogP contribution in [0.2, 0.25) is 0 Å². The van der Waals surface area contributed by atoms with Crippen LogP contribution in [0.5, 0.6) is 5.88 Å². The van der Waals surface area contributed by atoms with Gasteiger partial charge in [-0.05, 0) is 13.5 Å². The summed E-state index contributed by atoms with van der Waals surface area (Å²) in [6, 6.07) is 0. The van der Waals surface area contributed by atoms with Gasteiger partial charge in [-0.2, -0.15) is 9.97 Å². The van der Waals surface area contributed by atoms with Crippen LogP contribution in [-0.2, 0) is 13.0 Å². The Kier molecular flexibility index (Phi) is 3.88. The number of nitrogens with zero attached hydrogens (tertiary/aromatic N) is 4. The van der Waals surface area contributed by atoms with E-state index in [0.29, 0.717) is 18.1 Å². The number of nitrogens with two attached hydrogens (primary N) is 2. The molecule has 1 aliphatic heterocycles. The van der Waals surface area contributed by atoms with Crippen molar-refractivity contribution in [3.8, 4) is 5.88 Å². The van der Waals surface area contributed by atoms with Crippen molar-refractivity contribution in [3.05, 3.63) is 22.1 Å². The number of fused-ring (bicyclic) bond motifs is 1. The quantitative estimate of drug-likeness (QED) is 0.856. The molecule has 0 unspecified atom stereocenters. The molecule has 3 heterocycles. The fraction of sp³-hybridized carbons (Fsp3) is 0.500. The second kappa shape index (κ2) is 5.69. The van der Waals surface area contributed by atoms with Crippen molar-refractivity contribution in [1.29, 1.82) is 0 Å². The van der Waals surface area contributed by atoms with Crippen LogP contribution in [0.4, 0.5) is 11.8 Å². The summed E-state index contributed by atoms with van der Waals surface area (Å²) in [6.07, 6.45) is 0.683. The number of aromatic nitrogens is 3. The number of thiazole rings is 1. The average molecular weight is 320 g/mol. The zero-order valence-electron chi connectivity index (χ0n) is 12.7. The summed E-state index contributed by atoms with van der Waals surface area (Å²) in [5, 5.41) is 2.07. The van der Waals surface area contributed by atoms with Crippen LogP contribution in [0.15, 0.2) is 10.9 Å². The van der Waals surface area contributed by atoms with Gasteiger partial charge in [-0.15, -0.1) is 11.3 Å². The molecule has 1 atom stereocenters. The number of hydrogen-bond acceptors (Lipinski definition) is 8. The van der Waals surface area contributed by atoms with E-state index < -0.39 is 0 Å². The number of nitrogen functional groups attached to an aromatic ring is 2. The van der Waals surface area contributed by atoms with Crippen molar-refractivity contribution in [1.82, 2.24) is 19.9 Å². The third kappa shape index (κ3) is 2.97. The maximum atomic E-state index is 6.04. The smallest absolute Gasteiger partial charge is 0.225 e. The molecule has 0 bridgehead atoms. The summed E-state index contributed by atoms with van der Waals surface area (Å²) in [5.41, 5.74) is 15.0. The largest absolute Gasteiger partial charge is 0.469 e. The van der Waals surface area contributed by atoms with Gasteiger partial charge in [-0.3, -0.25) is 4.90 Å². The van der Waals surface area contributed by atoms with E-state index in [4.69, 9.17) is 16.2 Å². The first kappa shape index (κ1) is 15.0. The van der Waals surface area contributed by atoms with E-state index in [2.05, 4.69) is 39.1 Å². The van der Waals surface area contributed by atoms with E-state index in [1.807, 2.05) is 5.51 Å². The van der Waals surface area contributed by atoms with E-state index in [1.165, 1.54) is 0 Å². The Bertz CT molecular complexity index is 662. The third-order valence-electron chi connectivity index (χ3n) is 3.79. The second-order valence-electron chi connectivity index (χ2n) is 5.76. The number of anilines is 2. The highest BCUT2D eigenvalue weighted by Gasteiger charge is 2.39. The van der Waals surface area contributed by atoms with Crippen LogP contribution >= 0.6 is 11.3 Å². The van der Waals surface area contributed by atoms with Crippen molar-refractivity contribution in [3.63, 3.8) is 0 Å². The van der Waals surface area contributed by atoms with Crippen molar-refractivity contribution in [2.45, 2.75) is 32.4 Å². The third-order valence-corrected chi connectivity index (χ3v) is 4.42. The van der Waals surface area contributed by atoms with Crippen LogP contribution < -0.4 is 16.2 Å². The van der Waals surface area contributed by atoms with Crippen LogP contribution in [0.25, 0.3) is 0 Å². The van der Waals surface area contributed by atoms with E-state index in [9.17, 15) is 0 Å². The maximum absolute atomic E-state index is 6.04. The molecule has 0 saturated carbocycles. The first-order valence-corrected chi connectivity index (χ1v) is 8.13. The molecule has 2 aromatic rings. The highest BCUT2D eigenvalue weighted by Crippen LogP contribution is 2.37. The van der Waals surface area contributed by atoms with E-state index in [-0.39, 0.29) is 11.5 Å². The van der Waals surface area contributed by atoms with E-state index >= 15 is 0 Å². The molecule has 0 aliphatic carbocycles. The van der Waals surface area contributed by atoms with E-state index in [1.54, 1.807) is 11.3 Å². The Labute approximate surface area is 133 Å². The minimum atomic E-state index is -0.384. The molecule has 8 heteroatoms.